The van der Waals surface area contributed by atoms with Crippen LogP contribution < -0.4 is 0 Å². The fourth-order valence-electron chi connectivity index (χ4n) is 10.9. The molecule has 3 aliphatic rings. The third kappa shape index (κ3) is 5.65. The zero-order valence-electron chi connectivity index (χ0n) is 35.8. The number of nitrogens with zero attached hydrogens (tertiary/aromatic N) is 4. The quantitative estimate of drug-likeness (QED) is 0.177. The van der Waals surface area contributed by atoms with Gasteiger partial charge in [-0.25, -0.2) is 15.0 Å². The summed E-state index contributed by atoms with van der Waals surface area (Å²) >= 11 is 1.90. The van der Waals surface area contributed by atoms with E-state index < -0.39 is 5.41 Å². The Morgan fingerprint density at radius 1 is 0.338 bits per heavy atom. The molecule has 0 N–H and O–H groups in total. The van der Waals surface area contributed by atoms with Gasteiger partial charge in [-0.05, 0) is 108 Å². The van der Waals surface area contributed by atoms with Gasteiger partial charge in [-0.1, -0.05) is 189 Å². The van der Waals surface area contributed by atoms with Crippen molar-refractivity contribution in [1.82, 2.24) is 19.9 Å². The Kier molecular flexibility index (Phi) is 8.37. The number of hydrogen-bond donors (Lipinski definition) is 0. The highest BCUT2D eigenvalue weighted by Gasteiger charge is 2.50. The third-order valence-electron chi connectivity index (χ3n) is 13.9. The standard InChI is InChI=1S/C60H40N4S/c1-59(2)48-22-10-8-21-45(48)47-34-53-55(35-51(47)59)65-54-25-13-12-24-50(54)60(53)49-23-11-9-20-44(49)42-18-6-7-19-43(42)46-31-30-40(33-52(46)60)58-63-56(38-15-4-3-5-16-38)62-57(64-58)39-28-26-37(27-29-39)41-17-14-32-61-36-41/h3-36H,1-2H3. The maximum Gasteiger partial charge on any atom is 0.164 e. The summed E-state index contributed by atoms with van der Waals surface area (Å²) in [6, 6.07) is 70.8. The minimum absolute atomic E-state index is 0.139. The van der Waals surface area contributed by atoms with Crippen molar-refractivity contribution in [2.75, 3.05) is 0 Å². The first-order valence-electron chi connectivity index (χ1n) is 22.2. The van der Waals surface area contributed by atoms with Crippen LogP contribution in [0.4, 0.5) is 0 Å². The average molecular weight is 849 g/mol. The Hall–Kier alpha value is -7.73. The van der Waals surface area contributed by atoms with Crippen LogP contribution in [0.15, 0.2) is 216 Å². The van der Waals surface area contributed by atoms with E-state index in [4.69, 9.17) is 15.0 Å². The van der Waals surface area contributed by atoms with Crippen molar-refractivity contribution in [2.45, 2.75) is 34.5 Å². The normalized spacial score (nSPS) is 15.7. The summed E-state index contributed by atoms with van der Waals surface area (Å²) in [5.41, 5.74) is 19.3. The first-order chi connectivity index (χ1) is 32.0. The predicted molar refractivity (Wildman–Crippen MR) is 264 cm³/mol. The molecule has 2 aliphatic carbocycles. The summed E-state index contributed by atoms with van der Waals surface area (Å²) in [6.45, 7) is 4.75. The van der Waals surface area contributed by atoms with E-state index in [2.05, 4.69) is 189 Å². The van der Waals surface area contributed by atoms with Gasteiger partial charge in [0.2, 0.25) is 0 Å². The predicted octanol–water partition coefficient (Wildman–Crippen LogP) is 14.7. The Labute approximate surface area is 382 Å². The largest absolute Gasteiger partial charge is 0.264 e. The molecule has 10 aromatic rings. The minimum Gasteiger partial charge on any atom is -0.264 e. The molecule has 0 saturated carbocycles. The van der Waals surface area contributed by atoms with Crippen LogP contribution in [-0.2, 0) is 10.8 Å². The smallest absolute Gasteiger partial charge is 0.164 e. The molecule has 0 radical (unpaired) electrons. The fourth-order valence-corrected chi connectivity index (χ4v) is 12.1. The zero-order valence-corrected chi connectivity index (χ0v) is 36.6. The molecule has 0 fully saturated rings. The molecular formula is C60H40N4S. The number of hydrogen-bond acceptors (Lipinski definition) is 5. The van der Waals surface area contributed by atoms with E-state index >= 15 is 0 Å². The van der Waals surface area contributed by atoms with Crippen molar-refractivity contribution in [3.8, 4) is 78.7 Å². The van der Waals surface area contributed by atoms with Gasteiger partial charge < -0.3 is 0 Å². The highest BCUT2D eigenvalue weighted by atomic mass is 32.2. The van der Waals surface area contributed by atoms with Gasteiger partial charge in [0.05, 0.1) is 5.41 Å². The van der Waals surface area contributed by atoms with Crippen LogP contribution in [0.1, 0.15) is 47.2 Å². The molecule has 1 aliphatic heterocycles. The van der Waals surface area contributed by atoms with Crippen LogP contribution in [0.2, 0.25) is 0 Å². The van der Waals surface area contributed by atoms with E-state index in [1.807, 2.05) is 42.2 Å². The van der Waals surface area contributed by atoms with Crippen molar-refractivity contribution in [3.63, 3.8) is 0 Å². The summed E-state index contributed by atoms with van der Waals surface area (Å²) in [5, 5.41) is 0. The second kappa shape index (κ2) is 14.4. The highest BCUT2D eigenvalue weighted by Crippen LogP contribution is 2.63. The molecule has 5 heteroatoms. The first-order valence-corrected chi connectivity index (χ1v) is 23.0. The number of aromatic nitrogens is 4. The van der Waals surface area contributed by atoms with E-state index in [1.54, 1.807) is 6.20 Å². The molecule has 1 unspecified atom stereocenters. The Balaban J connectivity index is 1.11. The molecule has 1 spiro atoms. The number of pyridine rings is 1. The lowest BCUT2D eigenvalue weighted by Crippen LogP contribution is -2.35. The van der Waals surface area contributed by atoms with Crippen molar-refractivity contribution in [1.29, 1.82) is 0 Å². The molecule has 13 rings (SSSR count). The van der Waals surface area contributed by atoms with E-state index in [0.29, 0.717) is 17.5 Å². The highest BCUT2D eigenvalue weighted by molar-refractivity contribution is 7.99. The van der Waals surface area contributed by atoms with Crippen LogP contribution in [0.3, 0.4) is 0 Å². The molecule has 2 aromatic heterocycles. The van der Waals surface area contributed by atoms with E-state index in [0.717, 1.165) is 27.8 Å². The lowest BCUT2D eigenvalue weighted by atomic mass is 9.62. The van der Waals surface area contributed by atoms with Crippen LogP contribution in [0.5, 0.6) is 0 Å². The van der Waals surface area contributed by atoms with Crippen LogP contribution in [0, 0.1) is 0 Å². The van der Waals surface area contributed by atoms with Gasteiger partial charge in [0.1, 0.15) is 0 Å². The molecule has 0 saturated heterocycles. The summed E-state index contributed by atoms with van der Waals surface area (Å²) < 4.78 is 0. The van der Waals surface area contributed by atoms with Crippen molar-refractivity contribution >= 4 is 11.8 Å². The van der Waals surface area contributed by atoms with E-state index in [9.17, 15) is 0 Å². The van der Waals surface area contributed by atoms with Crippen LogP contribution in [0.25, 0.3) is 78.7 Å². The van der Waals surface area contributed by atoms with Crippen molar-refractivity contribution in [2.24, 2.45) is 0 Å². The molecule has 8 aromatic carbocycles. The molecular weight excluding hydrogens is 809 g/mol. The second-order valence-corrected chi connectivity index (χ2v) is 18.8. The van der Waals surface area contributed by atoms with Gasteiger partial charge in [0.15, 0.2) is 17.5 Å². The third-order valence-corrected chi connectivity index (χ3v) is 15.1. The monoisotopic (exact) mass is 848 g/mol. The summed E-state index contributed by atoms with van der Waals surface area (Å²) in [7, 11) is 0. The van der Waals surface area contributed by atoms with E-state index in [-0.39, 0.29) is 5.41 Å². The zero-order chi connectivity index (χ0) is 43.3. The van der Waals surface area contributed by atoms with Gasteiger partial charge in [-0.3, -0.25) is 4.98 Å². The Morgan fingerprint density at radius 3 is 1.58 bits per heavy atom. The van der Waals surface area contributed by atoms with Crippen LogP contribution >= 0.6 is 11.8 Å². The molecule has 4 nitrogen and oxygen atoms in total. The van der Waals surface area contributed by atoms with Crippen molar-refractivity contribution < 1.29 is 0 Å². The van der Waals surface area contributed by atoms with Gasteiger partial charge in [0, 0.05) is 44.3 Å². The van der Waals surface area contributed by atoms with Gasteiger partial charge in [0.25, 0.3) is 0 Å². The summed E-state index contributed by atoms with van der Waals surface area (Å²) in [6.07, 6.45) is 3.69. The molecule has 0 bridgehead atoms. The average Bonchev–Trinajstić information content (AvgIpc) is 3.53. The molecule has 3 heterocycles. The summed E-state index contributed by atoms with van der Waals surface area (Å²) in [4.78, 5) is 22.7. The SMILES string of the molecule is CC1(C)c2ccccc2-c2cc3c(cc21)Sc1ccccc1C31c2ccccc2-c2ccccc2-c2ccc(-c3nc(-c4ccccc4)nc(-c4ccc(-c5cccnc5)cc4)n3)cc21. The van der Waals surface area contributed by atoms with Gasteiger partial charge in [-0.2, -0.15) is 0 Å². The number of fused-ring (bicyclic) bond motifs is 14. The molecule has 306 valence electrons. The second-order valence-electron chi connectivity index (χ2n) is 17.8. The fraction of sp³-hybridized carbons (Fsp3) is 0.0667. The molecule has 0 amide bonds. The molecule has 65 heavy (non-hydrogen) atoms. The lowest BCUT2D eigenvalue weighted by Gasteiger charge is -2.43. The number of rotatable bonds is 4. The molecule has 1 atom stereocenters. The van der Waals surface area contributed by atoms with Gasteiger partial charge in [-0.15, -0.1) is 0 Å². The lowest BCUT2D eigenvalue weighted by molar-refractivity contribution is 0.653. The van der Waals surface area contributed by atoms with Crippen LogP contribution in [-0.4, -0.2) is 19.9 Å². The first kappa shape index (κ1) is 37.8. The Bertz CT molecular complexity index is 3540. The van der Waals surface area contributed by atoms with E-state index in [1.165, 1.54) is 76.6 Å². The topological polar surface area (TPSA) is 51.6 Å². The van der Waals surface area contributed by atoms with Gasteiger partial charge >= 0.3 is 0 Å². The summed E-state index contributed by atoms with van der Waals surface area (Å²) in [5.74, 6) is 1.87. The Morgan fingerprint density at radius 2 is 0.877 bits per heavy atom. The maximum absolute atomic E-state index is 5.33. The number of benzene rings is 8. The maximum atomic E-state index is 5.33. The minimum atomic E-state index is -0.713. The van der Waals surface area contributed by atoms with Crippen molar-refractivity contribution in [3.05, 3.63) is 240 Å².